The zero-order valence-electron chi connectivity index (χ0n) is 7.56. The zero-order valence-corrected chi connectivity index (χ0v) is 9.19. The summed E-state index contributed by atoms with van der Waals surface area (Å²) in [6, 6.07) is 6.90. The van der Waals surface area contributed by atoms with Crippen molar-refractivity contribution in [3.05, 3.63) is 29.8 Å². The third kappa shape index (κ3) is 2.76. The molecule has 1 unspecified atom stereocenters. The summed E-state index contributed by atoms with van der Waals surface area (Å²) in [6.45, 7) is 4.14. The van der Waals surface area contributed by atoms with Gasteiger partial charge >= 0.3 is 0 Å². The van der Waals surface area contributed by atoms with E-state index >= 15 is 0 Å². The van der Waals surface area contributed by atoms with Gasteiger partial charge in [-0.3, -0.25) is 0 Å². The Labute approximate surface area is 83.5 Å². The van der Waals surface area contributed by atoms with E-state index in [0.717, 1.165) is 5.56 Å². The van der Waals surface area contributed by atoms with Gasteiger partial charge in [-0.05, 0) is 23.6 Å². The van der Waals surface area contributed by atoms with Crippen molar-refractivity contribution in [2.45, 2.75) is 24.7 Å². The van der Waals surface area contributed by atoms with Gasteiger partial charge < -0.3 is 4.55 Å². The SMILES string of the molecule is CC(C)c1ccc(S(=O)(O)=S)cc1. The summed E-state index contributed by atoms with van der Waals surface area (Å²) in [6.07, 6.45) is 0. The van der Waals surface area contributed by atoms with E-state index in [-0.39, 0.29) is 0 Å². The van der Waals surface area contributed by atoms with Crippen molar-refractivity contribution in [3.8, 4) is 0 Å². The highest BCUT2D eigenvalue weighted by atomic mass is 32.8. The van der Waals surface area contributed by atoms with Gasteiger partial charge in [0.2, 0.25) is 0 Å². The molecule has 1 aromatic carbocycles. The minimum atomic E-state index is -3.21. The van der Waals surface area contributed by atoms with E-state index in [1.165, 1.54) is 0 Å². The van der Waals surface area contributed by atoms with Crippen LogP contribution in [0, 0.1) is 0 Å². The Morgan fingerprint density at radius 2 is 1.77 bits per heavy atom. The lowest BCUT2D eigenvalue weighted by Gasteiger charge is -2.05. The quantitative estimate of drug-likeness (QED) is 0.824. The van der Waals surface area contributed by atoms with E-state index in [0.29, 0.717) is 10.8 Å². The summed E-state index contributed by atoms with van der Waals surface area (Å²) in [5.74, 6) is 0.425. The normalized spacial score (nSPS) is 15.7. The number of rotatable bonds is 2. The maximum Gasteiger partial charge on any atom is 0.171 e. The summed E-state index contributed by atoms with van der Waals surface area (Å²) in [7, 11) is -3.21. The maximum atomic E-state index is 11.0. The molecule has 4 heteroatoms. The highest BCUT2D eigenvalue weighted by Crippen LogP contribution is 2.16. The predicted octanol–water partition coefficient (Wildman–Crippen LogP) is 2.39. The number of hydrogen-bond acceptors (Lipinski definition) is 2. The van der Waals surface area contributed by atoms with Crippen LogP contribution in [-0.2, 0) is 20.0 Å². The summed E-state index contributed by atoms with van der Waals surface area (Å²) in [5.41, 5.74) is 1.14. The lowest BCUT2D eigenvalue weighted by molar-refractivity contribution is 0.561. The van der Waals surface area contributed by atoms with Crippen LogP contribution < -0.4 is 0 Å². The first-order valence-corrected chi connectivity index (χ1v) is 6.42. The molecule has 0 heterocycles. The second kappa shape index (κ2) is 3.74. The molecular formula is C9H12O2S2. The lowest BCUT2D eigenvalue weighted by Crippen LogP contribution is -1.96. The second-order valence-corrected chi connectivity index (χ2v) is 5.98. The standard InChI is InChI=1S/C9H12O2S2/c1-7(2)8-3-5-9(6-4-8)13(10,11)12/h3-7H,1-2H3,(H,10,11,12). The first-order chi connectivity index (χ1) is 5.91. The van der Waals surface area contributed by atoms with Crippen molar-refractivity contribution in [2.75, 3.05) is 0 Å². The Kier molecular flexibility index (Phi) is 3.05. The van der Waals surface area contributed by atoms with Gasteiger partial charge in [0.1, 0.15) is 0 Å². The molecule has 0 radical (unpaired) electrons. The third-order valence-corrected chi connectivity index (χ3v) is 3.29. The zero-order chi connectivity index (χ0) is 10.1. The van der Waals surface area contributed by atoms with Crippen molar-refractivity contribution in [1.82, 2.24) is 0 Å². The lowest BCUT2D eigenvalue weighted by atomic mass is 10.0. The first kappa shape index (κ1) is 10.6. The van der Waals surface area contributed by atoms with E-state index in [9.17, 15) is 4.21 Å². The molecule has 0 saturated carbocycles. The number of benzene rings is 1. The van der Waals surface area contributed by atoms with Gasteiger partial charge in [0.15, 0.2) is 8.77 Å². The fraction of sp³-hybridized carbons (Fsp3) is 0.333. The van der Waals surface area contributed by atoms with Crippen LogP contribution in [0.15, 0.2) is 29.2 Å². The molecule has 0 spiro atoms. The van der Waals surface area contributed by atoms with E-state index in [1.807, 2.05) is 12.1 Å². The summed E-state index contributed by atoms with van der Waals surface area (Å²) < 4.78 is 20.1. The molecule has 0 bridgehead atoms. The fourth-order valence-corrected chi connectivity index (χ4v) is 1.84. The van der Waals surface area contributed by atoms with E-state index < -0.39 is 8.77 Å². The minimum absolute atomic E-state index is 0.312. The van der Waals surface area contributed by atoms with Crippen molar-refractivity contribution in [1.29, 1.82) is 0 Å². The van der Waals surface area contributed by atoms with Gasteiger partial charge in [0.25, 0.3) is 0 Å². The average molecular weight is 216 g/mol. The summed E-state index contributed by atoms with van der Waals surface area (Å²) in [5, 5.41) is 0. The Hall–Kier alpha value is -0.450. The molecule has 1 aromatic rings. The van der Waals surface area contributed by atoms with Crippen LogP contribution in [0.5, 0.6) is 0 Å². The minimum Gasteiger partial charge on any atom is -0.302 e. The molecule has 0 aromatic heterocycles. The third-order valence-electron chi connectivity index (χ3n) is 1.84. The largest absolute Gasteiger partial charge is 0.302 e. The molecule has 1 N–H and O–H groups in total. The molecule has 0 saturated heterocycles. The van der Waals surface area contributed by atoms with Gasteiger partial charge in [0.05, 0.1) is 4.90 Å². The van der Waals surface area contributed by atoms with Gasteiger partial charge in [-0.2, -0.15) is 0 Å². The molecule has 0 amide bonds. The van der Waals surface area contributed by atoms with Crippen LogP contribution in [0.25, 0.3) is 0 Å². The highest BCUT2D eigenvalue weighted by molar-refractivity contribution is 8.29. The van der Waals surface area contributed by atoms with E-state index in [2.05, 4.69) is 25.0 Å². The molecule has 13 heavy (non-hydrogen) atoms. The Morgan fingerprint density at radius 3 is 2.08 bits per heavy atom. The Bertz CT molecular complexity index is 377. The molecule has 2 nitrogen and oxygen atoms in total. The molecule has 0 aliphatic heterocycles. The van der Waals surface area contributed by atoms with E-state index in [4.69, 9.17) is 4.55 Å². The Balaban J connectivity index is 3.08. The van der Waals surface area contributed by atoms with Crippen LogP contribution in [0.1, 0.15) is 25.3 Å². The Morgan fingerprint density at radius 1 is 1.31 bits per heavy atom. The topological polar surface area (TPSA) is 37.3 Å². The van der Waals surface area contributed by atoms with Gasteiger partial charge in [-0.15, -0.1) is 0 Å². The molecule has 1 atom stereocenters. The number of hydrogen-bond donors (Lipinski definition) is 1. The summed E-state index contributed by atoms with van der Waals surface area (Å²) in [4.78, 5) is 0.312. The van der Waals surface area contributed by atoms with Crippen molar-refractivity contribution >= 4 is 20.0 Å². The van der Waals surface area contributed by atoms with Gasteiger partial charge in [0, 0.05) is 11.2 Å². The van der Waals surface area contributed by atoms with Gasteiger partial charge in [-0.25, -0.2) is 4.21 Å². The fourth-order valence-electron chi connectivity index (χ4n) is 1.02. The predicted molar refractivity (Wildman–Crippen MR) is 56.9 cm³/mol. The molecule has 0 fully saturated rings. The molecular weight excluding hydrogens is 204 g/mol. The van der Waals surface area contributed by atoms with Crippen LogP contribution >= 0.6 is 0 Å². The van der Waals surface area contributed by atoms with Crippen LogP contribution in [0.4, 0.5) is 0 Å². The van der Waals surface area contributed by atoms with Gasteiger partial charge in [-0.1, -0.05) is 26.0 Å². The maximum absolute atomic E-state index is 11.0. The average Bonchev–Trinajstić information content (AvgIpc) is 2.03. The van der Waals surface area contributed by atoms with Crippen molar-refractivity contribution in [3.63, 3.8) is 0 Å². The molecule has 0 aliphatic carbocycles. The first-order valence-electron chi connectivity index (χ1n) is 3.98. The van der Waals surface area contributed by atoms with Crippen molar-refractivity contribution in [2.24, 2.45) is 0 Å². The summed E-state index contributed by atoms with van der Waals surface area (Å²) >= 11 is 4.44. The van der Waals surface area contributed by atoms with Crippen LogP contribution in [0.2, 0.25) is 0 Å². The molecule has 0 aliphatic rings. The smallest absolute Gasteiger partial charge is 0.171 e. The second-order valence-electron chi connectivity index (χ2n) is 3.20. The van der Waals surface area contributed by atoms with Crippen LogP contribution in [-0.4, -0.2) is 8.76 Å². The highest BCUT2D eigenvalue weighted by Gasteiger charge is 2.05. The molecule has 72 valence electrons. The van der Waals surface area contributed by atoms with Crippen LogP contribution in [0.3, 0.4) is 0 Å². The van der Waals surface area contributed by atoms with Crippen molar-refractivity contribution < 1.29 is 8.76 Å². The van der Waals surface area contributed by atoms with E-state index in [1.54, 1.807) is 12.1 Å². The monoisotopic (exact) mass is 216 g/mol. The molecule has 1 rings (SSSR count).